The van der Waals surface area contributed by atoms with Crippen LogP contribution in [0.25, 0.3) is 0 Å². The third-order valence-corrected chi connectivity index (χ3v) is 7.13. The van der Waals surface area contributed by atoms with Crippen LogP contribution in [0.4, 0.5) is 5.69 Å². The fourth-order valence-electron chi connectivity index (χ4n) is 3.71. The van der Waals surface area contributed by atoms with Crippen molar-refractivity contribution in [3.63, 3.8) is 0 Å². The van der Waals surface area contributed by atoms with E-state index >= 15 is 0 Å². The molecule has 1 aliphatic rings. The van der Waals surface area contributed by atoms with Gasteiger partial charge in [0.05, 0.1) is 5.75 Å². The Kier molecular flexibility index (Phi) is 9.09. The standard InChI is InChI=1S/C24H32BrN3OS/c1-19-6-5-7-22(16-19)28-14-12-27(13-15-28)11-4-3-10-26-24(29)18-30-23-9-8-21(25)17-20(23)2/h5-9,16-17H,3-4,10-15,18H2,1-2H3,(H,26,29). The first kappa shape index (κ1) is 23.2. The highest BCUT2D eigenvalue weighted by molar-refractivity contribution is 9.10. The number of hydrogen-bond donors (Lipinski definition) is 1. The lowest BCUT2D eigenvalue weighted by Gasteiger charge is -2.36. The number of thioether (sulfide) groups is 1. The Hall–Kier alpha value is -1.50. The summed E-state index contributed by atoms with van der Waals surface area (Å²) in [4.78, 5) is 18.3. The SMILES string of the molecule is Cc1cccc(N2CCN(CCCCNC(=O)CSc3ccc(Br)cc3C)CC2)c1. The van der Waals surface area contributed by atoms with E-state index < -0.39 is 0 Å². The molecule has 0 radical (unpaired) electrons. The highest BCUT2D eigenvalue weighted by atomic mass is 79.9. The first-order valence-electron chi connectivity index (χ1n) is 10.7. The molecule has 1 heterocycles. The van der Waals surface area contributed by atoms with E-state index in [9.17, 15) is 4.79 Å². The van der Waals surface area contributed by atoms with E-state index in [4.69, 9.17) is 0 Å². The molecule has 0 bridgehead atoms. The molecular formula is C24H32BrN3OS. The summed E-state index contributed by atoms with van der Waals surface area (Å²) >= 11 is 5.08. The molecular weight excluding hydrogens is 458 g/mol. The van der Waals surface area contributed by atoms with Gasteiger partial charge in [-0.1, -0.05) is 28.1 Å². The maximum absolute atomic E-state index is 12.1. The summed E-state index contributed by atoms with van der Waals surface area (Å²) in [5.41, 5.74) is 3.86. The molecule has 3 rings (SSSR count). The van der Waals surface area contributed by atoms with E-state index in [0.29, 0.717) is 5.75 Å². The summed E-state index contributed by atoms with van der Waals surface area (Å²) in [5.74, 6) is 0.595. The number of nitrogens with zero attached hydrogens (tertiary/aromatic N) is 2. The molecule has 0 spiro atoms. The minimum absolute atomic E-state index is 0.120. The summed E-state index contributed by atoms with van der Waals surface area (Å²) in [6.45, 7) is 10.5. The highest BCUT2D eigenvalue weighted by Crippen LogP contribution is 2.25. The first-order chi connectivity index (χ1) is 14.5. The maximum Gasteiger partial charge on any atom is 0.230 e. The average molecular weight is 491 g/mol. The van der Waals surface area contributed by atoms with Crippen LogP contribution in [0.5, 0.6) is 0 Å². The largest absolute Gasteiger partial charge is 0.369 e. The molecule has 1 N–H and O–H groups in total. The summed E-state index contributed by atoms with van der Waals surface area (Å²) in [6.07, 6.45) is 2.16. The minimum atomic E-state index is 0.120. The van der Waals surface area contributed by atoms with Crippen molar-refractivity contribution < 1.29 is 4.79 Å². The molecule has 0 saturated carbocycles. The highest BCUT2D eigenvalue weighted by Gasteiger charge is 2.16. The number of anilines is 1. The number of amides is 1. The summed E-state index contributed by atoms with van der Waals surface area (Å²) in [7, 11) is 0. The van der Waals surface area contributed by atoms with Crippen LogP contribution >= 0.6 is 27.7 Å². The van der Waals surface area contributed by atoms with Crippen LogP contribution in [0.15, 0.2) is 51.8 Å². The van der Waals surface area contributed by atoms with Crippen LogP contribution in [0.3, 0.4) is 0 Å². The molecule has 2 aromatic carbocycles. The van der Waals surface area contributed by atoms with Gasteiger partial charge in [0, 0.05) is 47.8 Å². The maximum atomic E-state index is 12.1. The number of hydrogen-bond acceptors (Lipinski definition) is 4. The van der Waals surface area contributed by atoms with Crippen molar-refractivity contribution in [1.29, 1.82) is 0 Å². The number of carbonyl (C=O) groups is 1. The molecule has 1 aliphatic heterocycles. The van der Waals surface area contributed by atoms with Crippen LogP contribution in [-0.2, 0) is 4.79 Å². The van der Waals surface area contributed by atoms with Crippen LogP contribution in [0.1, 0.15) is 24.0 Å². The quantitative estimate of drug-likeness (QED) is 0.402. The van der Waals surface area contributed by atoms with E-state index in [1.807, 2.05) is 6.07 Å². The zero-order valence-electron chi connectivity index (χ0n) is 18.0. The molecule has 30 heavy (non-hydrogen) atoms. The van der Waals surface area contributed by atoms with Crippen molar-refractivity contribution >= 4 is 39.3 Å². The fraction of sp³-hybridized carbons (Fsp3) is 0.458. The van der Waals surface area contributed by atoms with E-state index in [1.54, 1.807) is 11.8 Å². The predicted octanol–water partition coefficient (Wildman–Crippen LogP) is 4.88. The summed E-state index contributed by atoms with van der Waals surface area (Å²) < 4.78 is 1.07. The Labute approximate surface area is 193 Å². The predicted molar refractivity (Wildman–Crippen MR) is 132 cm³/mol. The second-order valence-electron chi connectivity index (χ2n) is 7.92. The molecule has 0 aromatic heterocycles. The Morgan fingerprint density at radius 3 is 2.60 bits per heavy atom. The Bertz CT molecular complexity index is 837. The van der Waals surface area contributed by atoms with Gasteiger partial charge in [0.2, 0.25) is 5.91 Å². The number of piperazine rings is 1. The van der Waals surface area contributed by atoms with Crippen molar-refractivity contribution in [2.45, 2.75) is 31.6 Å². The molecule has 1 fully saturated rings. The zero-order chi connectivity index (χ0) is 21.3. The van der Waals surface area contributed by atoms with E-state index in [2.05, 4.69) is 81.3 Å². The number of aryl methyl sites for hydroxylation is 2. The first-order valence-corrected chi connectivity index (χ1v) is 12.5. The summed E-state index contributed by atoms with van der Waals surface area (Å²) in [6, 6.07) is 14.9. The van der Waals surface area contributed by atoms with Crippen LogP contribution in [0, 0.1) is 13.8 Å². The molecule has 6 heteroatoms. The summed E-state index contributed by atoms with van der Waals surface area (Å²) in [5, 5.41) is 3.06. The molecule has 1 amide bonds. The Balaban J connectivity index is 1.25. The second kappa shape index (κ2) is 11.8. The van der Waals surface area contributed by atoms with Gasteiger partial charge < -0.3 is 10.2 Å². The topological polar surface area (TPSA) is 35.6 Å². The normalized spacial score (nSPS) is 14.7. The molecule has 0 aliphatic carbocycles. The lowest BCUT2D eigenvalue weighted by atomic mass is 10.2. The molecule has 4 nitrogen and oxygen atoms in total. The van der Waals surface area contributed by atoms with Crippen molar-refractivity contribution in [1.82, 2.24) is 10.2 Å². The number of benzene rings is 2. The van der Waals surface area contributed by atoms with Crippen molar-refractivity contribution in [3.05, 3.63) is 58.1 Å². The minimum Gasteiger partial charge on any atom is -0.369 e. The lowest BCUT2D eigenvalue weighted by molar-refractivity contribution is -0.118. The average Bonchev–Trinajstić information content (AvgIpc) is 2.73. The van der Waals surface area contributed by atoms with Crippen molar-refractivity contribution in [3.8, 4) is 0 Å². The molecule has 1 saturated heterocycles. The third kappa shape index (κ3) is 7.33. The number of rotatable bonds is 9. The van der Waals surface area contributed by atoms with Crippen LogP contribution in [-0.4, -0.2) is 55.8 Å². The Morgan fingerprint density at radius 1 is 1.07 bits per heavy atom. The van der Waals surface area contributed by atoms with Gasteiger partial charge >= 0.3 is 0 Å². The Morgan fingerprint density at radius 2 is 1.87 bits per heavy atom. The van der Waals surface area contributed by atoms with Gasteiger partial charge in [-0.05, 0) is 74.7 Å². The van der Waals surface area contributed by atoms with Crippen molar-refractivity contribution in [2.24, 2.45) is 0 Å². The van der Waals surface area contributed by atoms with Crippen molar-refractivity contribution in [2.75, 3.05) is 49.9 Å². The van der Waals surface area contributed by atoms with E-state index in [0.717, 1.165) is 61.5 Å². The number of halogens is 1. The third-order valence-electron chi connectivity index (χ3n) is 5.46. The molecule has 2 aromatic rings. The van der Waals surface area contributed by atoms with E-state index in [-0.39, 0.29) is 5.91 Å². The van der Waals surface area contributed by atoms with Gasteiger partial charge in [-0.15, -0.1) is 11.8 Å². The van der Waals surface area contributed by atoms with Gasteiger partial charge in [0.1, 0.15) is 0 Å². The van der Waals surface area contributed by atoms with E-state index in [1.165, 1.54) is 16.8 Å². The monoisotopic (exact) mass is 489 g/mol. The van der Waals surface area contributed by atoms with Crippen LogP contribution in [0.2, 0.25) is 0 Å². The smallest absolute Gasteiger partial charge is 0.230 e. The van der Waals surface area contributed by atoms with Gasteiger partial charge in [0.25, 0.3) is 0 Å². The second-order valence-corrected chi connectivity index (χ2v) is 9.86. The zero-order valence-corrected chi connectivity index (χ0v) is 20.4. The number of nitrogens with one attached hydrogen (secondary N) is 1. The van der Waals surface area contributed by atoms with Gasteiger partial charge in [-0.25, -0.2) is 0 Å². The number of unbranched alkanes of at least 4 members (excludes halogenated alkanes) is 1. The molecule has 0 atom stereocenters. The number of carbonyl (C=O) groups excluding carboxylic acids is 1. The van der Waals surface area contributed by atoms with Gasteiger partial charge in [-0.2, -0.15) is 0 Å². The lowest BCUT2D eigenvalue weighted by Crippen LogP contribution is -2.46. The van der Waals surface area contributed by atoms with Gasteiger partial charge in [-0.3, -0.25) is 9.69 Å². The molecule has 162 valence electrons. The van der Waals surface area contributed by atoms with Gasteiger partial charge in [0.15, 0.2) is 0 Å². The van der Waals surface area contributed by atoms with Crippen LogP contribution < -0.4 is 10.2 Å². The molecule has 0 unspecified atom stereocenters. The fourth-order valence-corrected chi connectivity index (χ4v) is 5.03.